The largest absolute Gasteiger partial charge is 0.336 e. The number of thiophene rings is 1. The molecule has 0 saturated carbocycles. The SMILES string of the molecule is CN(C)[C@@H](CNC(=O)Nc1ccc(-c2nccs2)cc1)c1cccs1. The van der Waals surface area contributed by atoms with E-state index in [9.17, 15) is 4.79 Å². The summed E-state index contributed by atoms with van der Waals surface area (Å²) >= 11 is 3.29. The van der Waals surface area contributed by atoms with Crippen LogP contribution in [0, 0.1) is 0 Å². The number of carbonyl (C=O) groups excluding carboxylic acids is 1. The molecule has 0 unspecified atom stereocenters. The van der Waals surface area contributed by atoms with E-state index in [2.05, 4.69) is 32.0 Å². The van der Waals surface area contributed by atoms with Gasteiger partial charge in [0.1, 0.15) is 5.01 Å². The van der Waals surface area contributed by atoms with Gasteiger partial charge in [-0.3, -0.25) is 0 Å². The molecular formula is C18H20N4OS2. The van der Waals surface area contributed by atoms with Gasteiger partial charge in [-0.25, -0.2) is 9.78 Å². The highest BCUT2D eigenvalue weighted by Gasteiger charge is 2.16. The van der Waals surface area contributed by atoms with Crippen LogP contribution in [-0.4, -0.2) is 36.6 Å². The fourth-order valence-corrected chi connectivity index (χ4v) is 4.01. The molecule has 3 aromatic rings. The Morgan fingerprint density at radius 1 is 1.16 bits per heavy atom. The molecule has 1 atom stereocenters. The summed E-state index contributed by atoms with van der Waals surface area (Å²) in [6.07, 6.45) is 1.79. The Hall–Kier alpha value is -2.22. The van der Waals surface area contributed by atoms with Crippen LogP contribution in [0.3, 0.4) is 0 Å². The molecule has 2 aromatic heterocycles. The molecule has 25 heavy (non-hydrogen) atoms. The summed E-state index contributed by atoms with van der Waals surface area (Å²) < 4.78 is 0. The van der Waals surface area contributed by atoms with Crippen molar-refractivity contribution in [3.63, 3.8) is 0 Å². The quantitative estimate of drug-likeness (QED) is 0.678. The Labute approximate surface area is 155 Å². The first-order chi connectivity index (χ1) is 12.1. The van der Waals surface area contributed by atoms with Gasteiger partial charge < -0.3 is 15.5 Å². The van der Waals surface area contributed by atoms with Crippen molar-refractivity contribution >= 4 is 34.4 Å². The first-order valence-corrected chi connectivity index (χ1v) is 9.64. The van der Waals surface area contributed by atoms with E-state index in [1.807, 2.05) is 49.8 Å². The minimum Gasteiger partial charge on any atom is -0.336 e. The summed E-state index contributed by atoms with van der Waals surface area (Å²) in [5, 5.41) is 10.8. The average molecular weight is 373 g/mol. The zero-order valence-electron chi connectivity index (χ0n) is 14.1. The maximum absolute atomic E-state index is 12.2. The van der Waals surface area contributed by atoms with Crippen LogP contribution in [-0.2, 0) is 0 Å². The number of hydrogen-bond donors (Lipinski definition) is 2. The molecule has 0 aliphatic heterocycles. The molecule has 0 aliphatic carbocycles. The molecule has 0 saturated heterocycles. The maximum atomic E-state index is 12.2. The molecule has 0 bridgehead atoms. The van der Waals surface area contributed by atoms with Crippen molar-refractivity contribution in [2.24, 2.45) is 0 Å². The van der Waals surface area contributed by atoms with Gasteiger partial charge in [-0.05, 0) is 49.8 Å². The summed E-state index contributed by atoms with van der Waals surface area (Å²) in [6.45, 7) is 0.552. The molecule has 5 nitrogen and oxygen atoms in total. The number of aromatic nitrogens is 1. The lowest BCUT2D eigenvalue weighted by Gasteiger charge is -2.23. The minimum absolute atomic E-state index is 0.165. The normalized spacial score (nSPS) is 12.1. The lowest BCUT2D eigenvalue weighted by molar-refractivity contribution is 0.244. The zero-order chi connectivity index (χ0) is 17.6. The topological polar surface area (TPSA) is 57.3 Å². The average Bonchev–Trinajstić information content (AvgIpc) is 3.29. The summed E-state index contributed by atoms with van der Waals surface area (Å²) in [5.74, 6) is 0. The number of nitrogens with zero attached hydrogens (tertiary/aromatic N) is 2. The van der Waals surface area contributed by atoms with Crippen molar-refractivity contribution in [1.82, 2.24) is 15.2 Å². The van der Waals surface area contributed by atoms with Crippen LogP contribution >= 0.6 is 22.7 Å². The van der Waals surface area contributed by atoms with Crippen LogP contribution in [0.5, 0.6) is 0 Å². The summed E-state index contributed by atoms with van der Waals surface area (Å²) in [4.78, 5) is 19.8. The fourth-order valence-electron chi connectivity index (χ4n) is 2.45. The standard InChI is InChI=1S/C18H20N4OS2/c1-22(2)15(16-4-3-10-24-16)12-20-18(23)21-14-7-5-13(6-8-14)17-19-9-11-25-17/h3-11,15H,12H2,1-2H3,(H2,20,21,23)/t15-/m0/s1. The summed E-state index contributed by atoms with van der Waals surface area (Å²) in [7, 11) is 4.03. The van der Waals surface area contributed by atoms with E-state index in [0.717, 1.165) is 16.3 Å². The second-order valence-corrected chi connectivity index (χ2v) is 7.62. The molecule has 130 valence electrons. The predicted molar refractivity (Wildman–Crippen MR) is 105 cm³/mol. The molecule has 1 aromatic carbocycles. The number of thiazole rings is 1. The number of anilines is 1. The van der Waals surface area contributed by atoms with Gasteiger partial charge in [-0.2, -0.15) is 0 Å². The smallest absolute Gasteiger partial charge is 0.319 e. The minimum atomic E-state index is -0.203. The molecule has 2 amide bonds. The Bertz CT molecular complexity index is 783. The zero-order valence-corrected chi connectivity index (χ0v) is 15.7. The van der Waals surface area contributed by atoms with Gasteiger partial charge in [-0.1, -0.05) is 6.07 Å². The van der Waals surface area contributed by atoms with Gasteiger partial charge in [0.15, 0.2) is 0 Å². The third kappa shape index (κ3) is 4.66. The van der Waals surface area contributed by atoms with E-state index >= 15 is 0 Å². The number of nitrogens with one attached hydrogen (secondary N) is 2. The Kier molecular flexibility index (Phi) is 5.80. The molecule has 0 aliphatic rings. The maximum Gasteiger partial charge on any atom is 0.319 e. The number of likely N-dealkylation sites (N-methyl/N-ethyl adjacent to an activating group) is 1. The molecule has 0 radical (unpaired) electrons. The van der Waals surface area contributed by atoms with Crippen molar-refractivity contribution in [2.45, 2.75) is 6.04 Å². The van der Waals surface area contributed by atoms with E-state index in [1.54, 1.807) is 28.9 Å². The van der Waals surface area contributed by atoms with Gasteiger partial charge in [0.2, 0.25) is 0 Å². The molecule has 0 spiro atoms. The van der Waals surface area contributed by atoms with Gasteiger partial charge in [-0.15, -0.1) is 22.7 Å². The molecule has 2 N–H and O–H groups in total. The highest BCUT2D eigenvalue weighted by molar-refractivity contribution is 7.13. The first kappa shape index (κ1) is 17.6. The molecule has 3 rings (SSSR count). The number of benzene rings is 1. The van der Waals surface area contributed by atoms with Crippen LogP contribution < -0.4 is 10.6 Å². The Balaban J connectivity index is 1.55. The molecule has 0 fully saturated rings. The lowest BCUT2D eigenvalue weighted by atomic mass is 10.2. The van der Waals surface area contributed by atoms with Crippen LogP contribution in [0.1, 0.15) is 10.9 Å². The van der Waals surface area contributed by atoms with Gasteiger partial charge in [0.25, 0.3) is 0 Å². The summed E-state index contributed by atoms with van der Waals surface area (Å²) in [6, 6.07) is 11.8. The predicted octanol–water partition coefficient (Wildman–Crippen LogP) is 4.30. The van der Waals surface area contributed by atoms with Crippen LogP contribution in [0.4, 0.5) is 10.5 Å². The third-order valence-electron chi connectivity index (χ3n) is 3.77. The number of hydrogen-bond acceptors (Lipinski definition) is 5. The fraction of sp³-hybridized carbons (Fsp3) is 0.222. The number of urea groups is 1. The first-order valence-electron chi connectivity index (χ1n) is 7.88. The Morgan fingerprint density at radius 2 is 1.96 bits per heavy atom. The molecular weight excluding hydrogens is 352 g/mol. The third-order valence-corrected chi connectivity index (χ3v) is 5.57. The number of carbonyl (C=O) groups is 1. The van der Waals surface area contributed by atoms with Crippen molar-refractivity contribution < 1.29 is 4.79 Å². The van der Waals surface area contributed by atoms with Gasteiger partial charge in [0.05, 0.1) is 6.04 Å². The van der Waals surface area contributed by atoms with Gasteiger partial charge >= 0.3 is 6.03 Å². The molecule has 2 heterocycles. The van der Waals surface area contributed by atoms with Crippen molar-refractivity contribution in [2.75, 3.05) is 26.0 Å². The van der Waals surface area contributed by atoms with E-state index in [1.165, 1.54) is 4.88 Å². The molecule has 7 heteroatoms. The van der Waals surface area contributed by atoms with E-state index < -0.39 is 0 Å². The van der Waals surface area contributed by atoms with Crippen LogP contribution in [0.15, 0.2) is 53.4 Å². The van der Waals surface area contributed by atoms with Crippen LogP contribution in [0.2, 0.25) is 0 Å². The highest BCUT2D eigenvalue weighted by Crippen LogP contribution is 2.24. The van der Waals surface area contributed by atoms with Crippen LogP contribution in [0.25, 0.3) is 10.6 Å². The number of rotatable bonds is 6. The monoisotopic (exact) mass is 372 g/mol. The summed E-state index contributed by atoms with van der Waals surface area (Å²) in [5.41, 5.74) is 1.81. The van der Waals surface area contributed by atoms with Crippen molar-refractivity contribution in [3.05, 3.63) is 58.2 Å². The van der Waals surface area contributed by atoms with Gasteiger partial charge in [0, 0.05) is 34.2 Å². The van der Waals surface area contributed by atoms with E-state index in [4.69, 9.17) is 0 Å². The second-order valence-electron chi connectivity index (χ2n) is 5.74. The Morgan fingerprint density at radius 3 is 2.56 bits per heavy atom. The van der Waals surface area contributed by atoms with E-state index in [-0.39, 0.29) is 12.1 Å². The van der Waals surface area contributed by atoms with Crippen molar-refractivity contribution in [1.29, 1.82) is 0 Å². The number of amides is 2. The second kappa shape index (κ2) is 8.24. The lowest BCUT2D eigenvalue weighted by Crippen LogP contribution is -2.36. The van der Waals surface area contributed by atoms with E-state index in [0.29, 0.717) is 6.54 Å². The highest BCUT2D eigenvalue weighted by atomic mass is 32.1. The van der Waals surface area contributed by atoms with Crippen molar-refractivity contribution in [3.8, 4) is 10.6 Å².